The third kappa shape index (κ3) is 3.35. The summed E-state index contributed by atoms with van der Waals surface area (Å²) in [5.74, 6) is 0.636. The molecule has 5 nitrogen and oxygen atoms in total. The highest BCUT2D eigenvalue weighted by Gasteiger charge is 2.43. The van der Waals surface area contributed by atoms with Gasteiger partial charge in [-0.05, 0) is 37.8 Å². The highest BCUT2D eigenvalue weighted by Crippen LogP contribution is 2.34. The van der Waals surface area contributed by atoms with Crippen molar-refractivity contribution < 1.29 is 9.53 Å². The zero-order chi connectivity index (χ0) is 15.3. The highest BCUT2D eigenvalue weighted by molar-refractivity contribution is 5.89. The number of hydrogen-bond donors (Lipinski definition) is 1. The Labute approximate surface area is 126 Å². The minimum Gasteiger partial charge on any atom is -0.382 e. The van der Waals surface area contributed by atoms with Crippen LogP contribution in [0.4, 0.5) is 10.6 Å². The average Bonchev–Trinajstić information content (AvgIpc) is 2.86. The molecule has 1 aliphatic heterocycles. The number of nitrogens with zero attached hydrogens (tertiary/aromatic N) is 2. The van der Waals surface area contributed by atoms with Crippen molar-refractivity contribution in [3.63, 3.8) is 0 Å². The fourth-order valence-electron chi connectivity index (χ4n) is 3.26. The van der Waals surface area contributed by atoms with Gasteiger partial charge < -0.3 is 9.64 Å². The van der Waals surface area contributed by atoms with Crippen molar-refractivity contribution in [2.45, 2.75) is 45.1 Å². The Morgan fingerprint density at radius 2 is 2.38 bits per heavy atom. The van der Waals surface area contributed by atoms with Crippen molar-refractivity contribution in [3.8, 4) is 0 Å². The lowest BCUT2D eigenvalue weighted by molar-refractivity contribution is 0.0539. The number of methoxy groups -OCH3 is 1. The molecule has 5 heteroatoms. The van der Waals surface area contributed by atoms with E-state index in [-0.39, 0.29) is 11.6 Å². The van der Waals surface area contributed by atoms with Crippen LogP contribution in [0.2, 0.25) is 0 Å². The van der Waals surface area contributed by atoms with Crippen molar-refractivity contribution in [1.29, 1.82) is 0 Å². The summed E-state index contributed by atoms with van der Waals surface area (Å²) < 4.78 is 5.40. The predicted molar refractivity (Wildman–Crippen MR) is 83.4 cm³/mol. The number of anilines is 1. The second-order valence-corrected chi connectivity index (χ2v) is 5.76. The zero-order valence-corrected chi connectivity index (χ0v) is 13.2. The summed E-state index contributed by atoms with van der Waals surface area (Å²) in [6.07, 6.45) is 5.73. The minimum atomic E-state index is -0.170. The van der Waals surface area contributed by atoms with E-state index in [9.17, 15) is 4.79 Å². The normalized spacial score (nSPS) is 21.6. The molecule has 1 aliphatic rings. The standard InChI is InChI=1S/C16H25N3O2/c1-4-8-16(12-21-3)9-6-11-19(16)15(20)18-14-13(2)7-5-10-17-14/h5,7,10H,4,6,8-9,11-12H2,1-3H3,(H,17,18,20)/t16-/m1/s1. The van der Waals surface area contributed by atoms with E-state index in [2.05, 4.69) is 17.2 Å². The fourth-order valence-corrected chi connectivity index (χ4v) is 3.26. The van der Waals surface area contributed by atoms with Crippen LogP contribution in [0.3, 0.4) is 0 Å². The van der Waals surface area contributed by atoms with Gasteiger partial charge in [-0.15, -0.1) is 0 Å². The van der Waals surface area contributed by atoms with Crippen LogP contribution in [0.15, 0.2) is 18.3 Å². The Kier molecular flexibility index (Phi) is 5.17. The summed E-state index contributed by atoms with van der Waals surface area (Å²) in [5.41, 5.74) is 0.800. The summed E-state index contributed by atoms with van der Waals surface area (Å²) in [7, 11) is 1.70. The number of hydrogen-bond acceptors (Lipinski definition) is 3. The second-order valence-electron chi connectivity index (χ2n) is 5.76. The molecular weight excluding hydrogens is 266 g/mol. The topological polar surface area (TPSA) is 54.5 Å². The van der Waals surface area contributed by atoms with E-state index < -0.39 is 0 Å². The molecule has 2 rings (SSSR count). The Hall–Kier alpha value is -1.62. The number of likely N-dealkylation sites (tertiary alicyclic amines) is 1. The second kappa shape index (κ2) is 6.89. The molecule has 2 amide bonds. The summed E-state index contributed by atoms with van der Waals surface area (Å²) in [4.78, 5) is 18.8. The van der Waals surface area contributed by atoms with E-state index in [1.807, 2.05) is 24.0 Å². The first kappa shape index (κ1) is 15.8. The molecule has 21 heavy (non-hydrogen) atoms. The Balaban J connectivity index is 2.15. The van der Waals surface area contributed by atoms with Gasteiger partial charge in [0.15, 0.2) is 0 Å². The maximum Gasteiger partial charge on any atom is 0.323 e. The summed E-state index contributed by atoms with van der Waals surface area (Å²) in [6.45, 7) is 5.46. The molecule has 0 aliphatic carbocycles. The third-order valence-corrected chi connectivity index (χ3v) is 4.20. The number of urea groups is 1. The lowest BCUT2D eigenvalue weighted by Crippen LogP contribution is -2.52. The van der Waals surface area contributed by atoms with Crippen LogP contribution in [-0.2, 0) is 4.74 Å². The number of rotatable bonds is 5. The van der Waals surface area contributed by atoms with Gasteiger partial charge in [0.2, 0.25) is 0 Å². The van der Waals surface area contributed by atoms with E-state index in [0.717, 1.165) is 37.8 Å². The van der Waals surface area contributed by atoms with Crippen LogP contribution >= 0.6 is 0 Å². The third-order valence-electron chi connectivity index (χ3n) is 4.20. The van der Waals surface area contributed by atoms with Gasteiger partial charge in [-0.25, -0.2) is 9.78 Å². The lowest BCUT2D eigenvalue weighted by atomic mass is 9.91. The average molecular weight is 291 g/mol. The molecule has 0 saturated carbocycles. The summed E-state index contributed by atoms with van der Waals surface area (Å²) >= 11 is 0. The maximum absolute atomic E-state index is 12.7. The van der Waals surface area contributed by atoms with E-state index in [1.54, 1.807) is 13.3 Å². The molecule has 2 heterocycles. The molecule has 1 saturated heterocycles. The molecule has 0 bridgehead atoms. The molecule has 116 valence electrons. The van der Waals surface area contributed by atoms with Crippen LogP contribution in [0.1, 0.15) is 38.2 Å². The molecule has 1 N–H and O–H groups in total. The predicted octanol–water partition coefficient (Wildman–Crippen LogP) is 3.20. The van der Waals surface area contributed by atoms with Crippen LogP contribution in [0.5, 0.6) is 0 Å². The van der Waals surface area contributed by atoms with Gasteiger partial charge in [-0.1, -0.05) is 19.4 Å². The molecule has 0 spiro atoms. The number of aryl methyl sites for hydroxylation is 1. The van der Waals surface area contributed by atoms with Crippen LogP contribution < -0.4 is 5.32 Å². The Morgan fingerprint density at radius 3 is 3.05 bits per heavy atom. The van der Waals surface area contributed by atoms with Crippen LogP contribution in [0, 0.1) is 6.92 Å². The van der Waals surface area contributed by atoms with Gasteiger partial charge in [-0.3, -0.25) is 5.32 Å². The van der Waals surface area contributed by atoms with Crippen molar-refractivity contribution in [2.75, 3.05) is 25.6 Å². The van der Waals surface area contributed by atoms with Gasteiger partial charge in [0, 0.05) is 19.9 Å². The van der Waals surface area contributed by atoms with Gasteiger partial charge in [0.1, 0.15) is 5.82 Å². The minimum absolute atomic E-state index is 0.0696. The molecule has 0 radical (unpaired) electrons. The molecular formula is C16H25N3O2. The van der Waals surface area contributed by atoms with Gasteiger partial charge in [-0.2, -0.15) is 0 Å². The summed E-state index contributed by atoms with van der Waals surface area (Å²) in [5, 5.41) is 2.94. The van der Waals surface area contributed by atoms with Crippen LogP contribution in [0.25, 0.3) is 0 Å². The molecule has 1 atom stereocenters. The first-order valence-electron chi connectivity index (χ1n) is 7.62. The maximum atomic E-state index is 12.7. The number of nitrogens with one attached hydrogen (secondary N) is 1. The Morgan fingerprint density at radius 1 is 1.57 bits per heavy atom. The number of ether oxygens (including phenoxy) is 1. The SMILES string of the molecule is CCC[C@]1(COC)CCCN1C(=O)Nc1ncccc1C. The summed E-state index contributed by atoms with van der Waals surface area (Å²) in [6, 6.07) is 3.74. The quantitative estimate of drug-likeness (QED) is 0.906. The number of amides is 2. The first-order chi connectivity index (χ1) is 10.1. The van der Waals surface area contributed by atoms with E-state index in [1.165, 1.54) is 0 Å². The molecule has 1 fully saturated rings. The van der Waals surface area contributed by atoms with Crippen molar-refractivity contribution in [1.82, 2.24) is 9.88 Å². The molecule has 1 aromatic rings. The molecule has 0 unspecified atom stereocenters. The number of pyridine rings is 1. The van der Waals surface area contributed by atoms with Crippen molar-refractivity contribution >= 4 is 11.8 Å². The van der Waals surface area contributed by atoms with Crippen LogP contribution in [-0.4, -0.2) is 41.7 Å². The molecule has 1 aromatic heterocycles. The highest BCUT2D eigenvalue weighted by atomic mass is 16.5. The number of aromatic nitrogens is 1. The van der Waals surface area contributed by atoms with Crippen molar-refractivity contribution in [3.05, 3.63) is 23.9 Å². The van der Waals surface area contributed by atoms with E-state index in [0.29, 0.717) is 12.4 Å². The molecule has 0 aromatic carbocycles. The number of carbonyl (C=O) groups excluding carboxylic acids is 1. The van der Waals surface area contributed by atoms with Gasteiger partial charge in [0.05, 0.1) is 12.1 Å². The van der Waals surface area contributed by atoms with Gasteiger partial charge >= 0.3 is 6.03 Å². The lowest BCUT2D eigenvalue weighted by Gasteiger charge is -2.38. The first-order valence-corrected chi connectivity index (χ1v) is 7.62. The van der Waals surface area contributed by atoms with Gasteiger partial charge in [0.25, 0.3) is 0 Å². The Bertz CT molecular complexity index is 484. The van der Waals surface area contributed by atoms with Crippen molar-refractivity contribution in [2.24, 2.45) is 0 Å². The van der Waals surface area contributed by atoms with E-state index in [4.69, 9.17) is 4.74 Å². The monoisotopic (exact) mass is 291 g/mol. The fraction of sp³-hybridized carbons (Fsp3) is 0.625. The largest absolute Gasteiger partial charge is 0.382 e. The van der Waals surface area contributed by atoms with E-state index >= 15 is 0 Å². The zero-order valence-electron chi connectivity index (χ0n) is 13.2. The number of carbonyl (C=O) groups is 1. The smallest absolute Gasteiger partial charge is 0.323 e.